The summed E-state index contributed by atoms with van der Waals surface area (Å²) in [5, 5.41) is 1.05. The predicted molar refractivity (Wildman–Crippen MR) is 71.3 cm³/mol. The molecule has 0 aliphatic carbocycles. The Kier molecular flexibility index (Phi) is 3.82. The maximum Gasteiger partial charge on any atom is 0.330 e. The molecule has 0 saturated heterocycles. The number of hydrogen-bond donors (Lipinski definition) is 0. The van der Waals surface area contributed by atoms with Crippen LogP contribution in [0.1, 0.15) is 25.2 Å². The third-order valence-corrected chi connectivity index (χ3v) is 2.70. The van der Waals surface area contributed by atoms with E-state index in [-0.39, 0.29) is 5.97 Å². The minimum Gasteiger partial charge on any atom is -0.463 e. The molecule has 3 heteroatoms. The molecule has 0 bridgehead atoms. The van der Waals surface area contributed by atoms with Crippen molar-refractivity contribution in [2.45, 2.75) is 20.3 Å². The maximum atomic E-state index is 11.2. The molecule has 0 spiro atoms. The van der Waals surface area contributed by atoms with Crippen LogP contribution in [0.2, 0.25) is 0 Å². The standard InChI is InChI=1S/C15H16O3/c1-3-11-6-5-7-12-10-13(18-15(11)12)8-9-14(16)17-4-2/h5-10H,3-4H2,1-2H3/b9-8+. The third kappa shape index (κ3) is 2.62. The van der Waals surface area contributed by atoms with Crippen LogP contribution < -0.4 is 0 Å². The molecule has 0 radical (unpaired) electrons. The number of para-hydroxylation sites is 1. The molecular formula is C15H16O3. The van der Waals surface area contributed by atoms with Crippen molar-refractivity contribution in [3.05, 3.63) is 41.7 Å². The molecule has 0 fully saturated rings. The van der Waals surface area contributed by atoms with Crippen molar-refractivity contribution < 1.29 is 13.9 Å². The fraction of sp³-hybridized carbons (Fsp3) is 0.267. The van der Waals surface area contributed by atoms with Gasteiger partial charge < -0.3 is 9.15 Å². The monoisotopic (exact) mass is 244 g/mol. The van der Waals surface area contributed by atoms with E-state index in [1.54, 1.807) is 13.0 Å². The van der Waals surface area contributed by atoms with Crippen LogP contribution in [0.4, 0.5) is 0 Å². The lowest BCUT2D eigenvalue weighted by Crippen LogP contribution is -1.98. The summed E-state index contributed by atoms with van der Waals surface area (Å²) in [7, 11) is 0. The van der Waals surface area contributed by atoms with Crippen LogP contribution >= 0.6 is 0 Å². The van der Waals surface area contributed by atoms with Gasteiger partial charge in [0, 0.05) is 11.5 Å². The Morgan fingerprint density at radius 3 is 2.94 bits per heavy atom. The van der Waals surface area contributed by atoms with E-state index in [9.17, 15) is 4.79 Å². The first kappa shape index (κ1) is 12.4. The topological polar surface area (TPSA) is 39.4 Å². The average molecular weight is 244 g/mol. The van der Waals surface area contributed by atoms with E-state index in [2.05, 4.69) is 6.92 Å². The van der Waals surface area contributed by atoms with Gasteiger partial charge in [0.1, 0.15) is 11.3 Å². The zero-order valence-corrected chi connectivity index (χ0v) is 10.6. The van der Waals surface area contributed by atoms with Gasteiger partial charge in [-0.1, -0.05) is 25.1 Å². The molecule has 0 saturated carbocycles. The lowest BCUT2D eigenvalue weighted by Gasteiger charge is -1.96. The molecule has 0 unspecified atom stereocenters. The average Bonchev–Trinajstić information content (AvgIpc) is 2.79. The highest BCUT2D eigenvalue weighted by Gasteiger charge is 2.05. The number of furan rings is 1. The number of rotatable bonds is 4. The summed E-state index contributed by atoms with van der Waals surface area (Å²) in [4.78, 5) is 11.2. The smallest absolute Gasteiger partial charge is 0.330 e. The van der Waals surface area contributed by atoms with Gasteiger partial charge in [-0.25, -0.2) is 4.79 Å². The van der Waals surface area contributed by atoms with Crippen molar-refractivity contribution in [1.82, 2.24) is 0 Å². The fourth-order valence-electron chi connectivity index (χ4n) is 1.84. The Bertz CT molecular complexity index is 578. The molecule has 0 amide bonds. The van der Waals surface area contributed by atoms with Crippen LogP contribution in [0.25, 0.3) is 17.0 Å². The Morgan fingerprint density at radius 2 is 2.22 bits per heavy atom. The van der Waals surface area contributed by atoms with Crippen LogP contribution in [0, 0.1) is 0 Å². The molecule has 2 rings (SSSR count). The highest BCUT2D eigenvalue weighted by molar-refractivity contribution is 5.88. The van der Waals surface area contributed by atoms with Crippen LogP contribution in [-0.4, -0.2) is 12.6 Å². The summed E-state index contributed by atoms with van der Waals surface area (Å²) < 4.78 is 10.5. The van der Waals surface area contributed by atoms with E-state index in [4.69, 9.17) is 9.15 Å². The number of benzene rings is 1. The number of hydrogen-bond acceptors (Lipinski definition) is 3. The van der Waals surface area contributed by atoms with Gasteiger partial charge >= 0.3 is 5.97 Å². The summed E-state index contributed by atoms with van der Waals surface area (Å²) in [6.45, 7) is 4.25. The van der Waals surface area contributed by atoms with Gasteiger partial charge in [0.2, 0.25) is 0 Å². The van der Waals surface area contributed by atoms with Gasteiger partial charge in [-0.05, 0) is 31.1 Å². The molecule has 0 N–H and O–H groups in total. The lowest BCUT2D eigenvalue weighted by atomic mass is 10.1. The van der Waals surface area contributed by atoms with Gasteiger partial charge in [0.25, 0.3) is 0 Å². The Hall–Kier alpha value is -2.03. The number of esters is 1. The number of aryl methyl sites for hydroxylation is 1. The summed E-state index contributed by atoms with van der Waals surface area (Å²) in [6.07, 6.45) is 3.94. The maximum absolute atomic E-state index is 11.2. The second kappa shape index (κ2) is 5.54. The minimum atomic E-state index is -0.353. The second-order valence-electron chi connectivity index (χ2n) is 3.92. The van der Waals surface area contributed by atoms with Gasteiger partial charge in [-0.2, -0.15) is 0 Å². The Balaban J connectivity index is 2.28. The van der Waals surface area contributed by atoms with Crippen molar-refractivity contribution in [2.24, 2.45) is 0 Å². The minimum absolute atomic E-state index is 0.353. The van der Waals surface area contributed by atoms with Gasteiger partial charge in [-0.15, -0.1) is 0 Å². The van der Waals surface area contributed by atoms with Gasteiger partial charge in [0.15, 0.2) is 0 Å². The quantitative estimate of drug-likeness (QED) is 0.609. The van der Waals surface area contributed by atoms with E-state index >= 15 is 0 Å². The molecule has 1 heterocycles. The molecule has 0 aliphatic rings. The molecule has 1 aromatic carbocycles. The summed E-state index contributed by atoms with van der Waals surface area (Å²) >= 11 is 0. The highest BCUT2D eigenvalue weighted by atomic mass is 16.5. The van der Waals surface area contributed by atoms with Crippen molar-refractivity contribution >= 4 is 23.0 Å². The molecule has 0 atom stereocenters. The van der Waals surface area contributed by atoms with E-state index in [1.165, 1.54) is 11.6 Å². The zero-order chi connectivity index (χ0) is 13.0. The first-order valence-electron chi connectivity index (χ1n) is 6.10. The predicted octanol–water partition coefficient (Wildman–Crippen LogP) is 3.57. The summed E-state index contributed by atoms with van der Waals surface area (Å²) in [5.74, 6) is 0.313. The first-order chi connectivity index (χ1) is 8.74. The van der Waals surface area contributed by atoms with Crippen molar-refractivity contribution in [2.75, 3.05) is 6.61 Å². The highest BCUT2D eigenvalue weighted by Crippen LogP contribution is 2.24. The third-order valence-electron chi connectivity index (χ3n) is 2.70. The van der Waals surface area contributed by atoms with Crippen molar-refractivity contribution in [1.29, 1.82) is 0 Å². The van der Waals surface area contributed by atoms with E-state index < -0.39 is 0 Å². The molecule has 1 aromatic heterocycles. The fourth-order valence-corrected chi connectivity index (χ4v) is 1.84. The molecular weight excluding hydrogens is 228 g/mol. The SMILES string of the molecule is CCOC(=O)/C=C/c1cc2cccc(CC)c2o1. The van der Waals surface area contributed by atoms with Crippen molar-refractivity contribution in [3.8, 4) is 0 Å². The number of carbonyl (C=O) groups is 1. The Morgan fingerprint density at radius 1 is 1.39 bits per heavy atom. The summed E-state index contributed by atoms with van der Waals surface area (Å²) in [6, 6.07) is 7.98. The first-order valence-corrected chi connectivity index (χ1v) is 6.10. The molecule has 0 aliphatic heterocycles. The van der Waals surface area contributed by atoms with Crippen LogP contribution in [0.5, 0.6) is 0 Å². The second-order valence-corrected chi connectivity index (χ2v) is 3.92. The normalized spacial score (nSPS) is 11.2. The molecule has 18 heavy (non-hydrogen) atoms. The van der Waals surface area contributed by atoms with Gasteiger partial charge in [0.05, 0.1) is 6.61 Å². The lowest BCUT2D eigenvalue weighted by molar-refractivity contribution is -0.137. The van der Waals surface area contributed by atoms with Crippen LogP contribution in [0.3, 0.4) is 0 Å². The number of fused-ring (bicyclic) bond motifs is 1. The molecule has 3 nitrogen and oxygen atoms in total. The van der Waals surface area contributed by atoms with Crippen LogP contribution in [0.15, 0.2) is 34.8 Å². The van der Waals surface area contributed by atoms with E-state index in [0.717, 1.165) is 17.4 Å². The van der Waals surface area contributed by atoms with Gasteiger partial charge in [-0.3, -0.25) is 0 Å². The number of ether oxygens (including phenoxy) is 1. The number of carbonyl (C=O) groups excluding carboxylic acids is 1. The summed E-state index contributed by atoms with van der Waals surface area (Å²) in [5.41, 5.74) is 2.06. The van der Waals surface area contributed by atoms with Crippen LogP contribution in [-0.2, 0) is 16.0 Å². The van der Waals surface area contributed by atoms with E-state index in [0.29, 0.717) is 12.4 Å². The molecule has 94 valence electrons. The molecule has 2 aromatic rings. The Labute approximate surface area is 106 Å². The zero-order valence-electron chi connectivity index (χ0n) is 10.6. The largest absolute Gasteiger partial charge is 0.463 e. The van der Waals surface area contributed by atoms with Crippen molar-refractivity contribution in [3.63, 3.8) is 0 Å². The van der Waals surface area contributed by atoms with E-state index in [1.807, 2.05) is 24.3 Å².